The third-order valence-corrected chi connectivity index (χ3v) is 6.55. The van der Waals surface area contributed by atoms with Gasteiger partial charge in [-0.25, -0.2) is 4.39 Å². The van der Waals surface area contributed by atoms with Gasteiger partial charge in [0.05, 0.1) is 0 Å². The molecule has 1 fully saturated rings. The van der Waals surface area contributed by atoms with Gasteiger partial charge in [0.2, 0.25) is 0 Å². The van der Waals surface area contributed by atoms with Gasteiger partial charge in [-0.2, -0.15) is 0 Å². The minimum Gasteiger partial charge on any atom is -0.303 e. The predicted molar refractivity (Wildman–Crippen MR) is 118 cm³/mol. The molecule has 3 rings (SSSR count). The molecule has 0 spiro atoms. The van der Waals surface area contributed by atoms with E-state index in [1.165, 1.54) is 36.0 Å². The average Bonchev–Trinajstić information content (AvgIpc) is 2.74. The number of hydrogen-bond donors (Lipinski definition) is 0. The minimum atomic E-state index is -0.651. The molecule has 2 aromatic rings. The van der Waals surface area contributed by atoms with Crippen LogP contribution in [0.5, 0.6) is 0 Å². The zero-order valence-corrected chi connectivity index (χ0v) is 17.6. The van der Waals surface area contributed by atoms with Gasteiger partial charge in [-0.3, -0.25) is 0 Å². The van der Waals surface area contributed by atoms with Gasteiger partial charge in [0.25, 0.3) is 0 Å². The Labute approximate surface area is 171 Å². The van der Waals surface area contributed by atoms with Crippen molar-refractivity contribution in [2.75, 3.05) is 13.6 Å². The maximum absolute atomic E-state index is 14.2. The van der Waals surface area contributed by atoms with Crippen molar-refractivity contribution in [3.05, 3.63) is 71.3 Å². The van der Waals surface area contributed by atoms with E-state index in [-0.39, 0.29) is 5.92 Å². The highest BCUT2D eigenvalue weighted by Crippen LogP contribution is 2.35. The minimum absolute atomic E-state index is 0.121. The summed E-state index contributed by atoms with van der Waals surface area (Å²) in [5, 5.41) is 0. The van der Waals surface area contributed by atoms with E-state index in [9.17, 15) is 4.39 Å². The van der Waals surface area contributed by atoms with Crippen molar-refractivity contribution < 1.29 is 4.39 Å². The molecule has 2 heteroatoms. The van der Waals surface area contributed by atoms with Crippen molar-refractivity contribution in [2.45, 2.75) is 76.4 Å². The van der Waals surface area contributed by atoms with Crippen molar-refractivity contribution in [1.29, 1.82) is 0 Å². The summed E-state index contributed by atoms with van der Waals surface area (Å²) in [5.74, 6) is 0.121. The van der Waals surface area contributed by atoms with Crippen LogP contribution >= 0.6 is 0 Å². The van der Waals surface area contributed by atoms with Gasteiger partial charge in [-0.15, -0.1) is 0 Å². The number of benzene rings is 2. The van der Waals surface area contributed by atoms with Crippen LogP contribution in [0.1, 0.15) is 68.1 Å². The molecule has 1 aliphatic carbocycles. The van der Waals surface area contributed by atoms with Crippen molar-refractivity contribution in [3.8, 4) is 0 Å². The zero-order valence-electron chi connectivity index (χ0n) is 17.6. The molecule has 0 saturated heterocycles. The molecule has 152 valence electrons. The molecule has 0 aliphatic heterocycles. The van der Waals surface area contributed by atoms with Gasteiger partial charge in [-0.1, -0.05) is 74.4 Å². The molecule has 0 bridgehead atoms. The Morgan fingerprint density at radius 2 is 1.61 bits per heavy atom. The summed E-state index contributed by atoms with van der Waals surface area (Å²) >= 11 is 0. The van der Waals surface area contributed by atoms with E-state index in [4.69, 9.17) is 0 Å². The monoisotopic (exact) mass is 381 g/mol. The Morgan fingerprint density at radius 3 is 2.29 bits per heavy atom. The second-order valence-corrected chi connectivity index (χ2v) is 8.47. The molecule has 28 heavy (non-hydrogen) atoms. The van der Waals surface area contributed by atoms with Crippen LogP contribution in [0, 0.1) is 0 Å². The number of likely N-dealkylation sites (N-methyl/N-ethyl adjacent to an activating group) is 1. The summed E-state index contributed by atoms with van der Waals surface area (Å²) < 4.78 is 14.2. The SMILES string of the molecule is CCC(CCc1ccc(C2CCCCC2F)cc1)N(C)CCc1ccccc1. The Morgan fingerprint density at radius 1 is 0.929 bits per heavy atom. The predicted octanol–water partition coefficient (Wildman–Crippen LogP) is 6.57. The van der Waals surface area contributed by atoms with Crippen LogP contribution in [0.15, 0.2) is 54.6 Å². The lowest BCUT2D eigenvalue weighted by atomic mass is 9.82. The summed E-state index contributed by atoms with van der Waals surface area (Å²) in [7, 11) is 2.25. The van der Waals surface area contributed by atoms with Crippen LogP contribution in [0.4, 0.5) is 4.39 Å². The van der Waals surface area contributed by atoms with E-state index in [1.54, 1.807) is 0 Å². The normalized spacial score (nSPS) is 21.0. The number of alkyl halides is 1. The second kappa shape index (κ2) is 10.8. The first-order chi connectivity index (χ1) is 13.7. The third-order valence-electron chi connectivity index (χ3n) is 6.55. The molecule has 1 nitrogen and oxygen atoms in total. The first kappa shape index (κ1) is 21.0. The maximum atomic E-state index is 14.2. The van der Waals surface area contributed by atoms with Gasteiger partial charge in [0, 0.05) is 18.5 Å². The topological polar surface area (TPSA) is 3.24 Å². The number of rotatable bonds is 9. The zero-order chi connectivity index (χ0) is 19.8. The van der Waals surface area contributed by atoms with Crippen molar-refractivity contribution in [3.63, 3.8) is 0 Å². The largest absolute Gasteiger partial charge is 0.303 e. The lowest BCUT2D eigenvalue weighted by Gasteiger charge is -2.28. The standard InChI is InChI=1S/C26H36FN/c1-3-24(28(2)20-19-21-9-5-4-6-10-21)18-15-22-13-16-23(17-14-22)25-11-7-8-12-26(25)27/h4-6,9-10,13-14,16-17,24-26H,3,7-8,11-12,15,18-20H2,1-2H3. The number of aryl methyl sites for hydroxylation is 1. The lowest BCUT2D eigenvalue weighted by molar-refractivity contribution is 0.216. The first-order valence-corrected chi connectivity index (χ1v) is 11.1. The number of nitrogens with zero attached hydrogens (tertiary/aromatic N) is 1. The van der Waals surface area contributed by atoms with E-state index in [2.05, 4.69) is 73.5 Å². The lowest BCUT2D eigenvalue weighted by Crippen LogP contribution is -2.33. The molecule has 0 aromatic heterocycles. The second-order valence-electron chi connectivity index (χ2n) is 8.47. The number of halogens is 1. The third kappa shape index (κ3) is 5.91. The van der Waals surface area contributed by atoms with Gasteiger partial charge >= 0.3 is 0 Å². The van der Waals surface area contributed by atoms with E-state index >= 15 is 0 Å². The fraction of sp³-hybridized carbons (Fsp3) is 0.538. The van der Waals surface area contributed by atoms with Gasteiger partial charge in [0.15, 0.2) is 0 Å². The molecule has 1 saturated carbocycles. The fourth-order valence-corrected chi connectivity index (χ4v) is 4.59. The van der Waals surface area contributed by atoms with Crippen molar-refractivity contribution in [2.24, 2.45) is 0 Å². The molecular weight excluding hydrogens is 345 g/mol. The molecule has 2 aromatic carbocycles. The van der Waals surface area contributed by atoms with Crippen molar-refractivity contribution in [1.82, 2.24) is 4.90 Å². The Bertz CT molecular complexity index is 681. The van der Waals surface area contributed by atoms with Crippen LogP contribution in [0.25, 0.3) is 0 Å². The molecule has 0 N–H and O–H groups in total. The summed E-state index contributed by atoms with van der Waals surface area (Å²) in [4.78, 5) is 2.51. The molecule has 0 amide bonds. The highest BCUT2D eigenvalue weighted by atomic mass is 19.1. The van der Waals surface area contributed by atoms with E-state index < -0.39 is 6.17 Å². The summed E-state index contributed by atoms with van der Waals surface area (Å²) in [6.45, 7) is 3.39. The molecular formula is C26H36FN. The number of hydrogen-bond acceptors (Lipinski definition) is 1. The highest BCUT2D eigenvalue weighted by molar-refractivity contribution is 5.27. The smallest absolute Gasteiger partial charge is 0.107 e. The molecule has 0 radical (unpaired) electrons. The quantitative estimate of drug-likeness (QED) is 0.475. The molecule has 3 unspecified atom stereocenters. The van der Waals surface area contributed by atoms with E-state index in [1.807, 2.05) is 0 Å². The maximum Gasteiger partial charge on any atom is 0.107 e. The average molecular weight is 382 g/mol. The summed E-state index contributed by atoms with van der Waals surface area (Å²) in [6.07, 6.45) is 7.86. The van der Waals surface area contributed by atoms with Crippen LogP contribution < -0.4 is 0 Å². The summed E-state index contributed by atoms with van der Waals surface area (Å²) in [6, 6.07) is 20.2. The molecule has 3 atom stereocenters. The van der Waals surface area contributed by atoms with Gasteiger partial charge < -0.3 is 4.90 Å². The van der Waals surface area contributed by atoms with Crippen LogP contribution in [-0.2, 0) is 12.8 Å². The molecule has 1 aliphatic rings. The van der Waals surface area contributed by atoms with E-state index in [0.29, 0.717) is 6.04 Å². The van der Waals surface area contributed by atoms with E-state index in [0.717, 1.165) is 38.6 Å². The van der Waals surface area contributed by atoms with Gasteiger partial charge in [0.1, 0.15) is 6.17 Å². The summed E-state index contributed by atoms with van der Waals surface area (Å²) in [5.41, 5.74) is 3.99. The van der Waals surface area contributed by atoms with Crippen LogP contribution in [0.2, 0.25) is 0 Å². The van der Waals surface area contributed by atoms with Crippen molar-refractivity contribution >= 4 is 0 Å². The highest BCUT2D eigenvalue weighted by Gasteiger charge is 2.25. The molecule has 0 heterocycles. The fourth-order valence-electron chi connectivity index (χ4n) is 4.59. The Hall–Kier alpha value is -1.67. The van der Waals surface area contributed by atoms with Crippen LogP contribution in [0.3, 0.4) is 0 Å². The Balaban J connectivity index is 1.48. The van der Waals surface area contributed by atoms with Gasteiger partial charge in [-0.05, 0) is 62.3 Å². The first-order valence-electron chi connectivity index (χ1n) is 11.1. The Kier molecular flexibility index (Phi) is 8.09. The van der Waals surface area contributed by atoms with Crippen LogP contribution in [-0.4, -0.2) is 30.7 Å².